The van der Waals surface area contributed by atoms with Gasteiger partial charge in [-0.2, -0.15) is 5.26 Å². The lowest BCUT2D eigenvalue weighted by atomic mass is 9.96. The van der Waals surface area contributed by atoms with Gasteiger partial charge in [-0.05, 0) is 25.0 Å². The molecule has 0 heterocycles. The lowest BCUT2D eigenvalue weighted by Crippen LogP contribution is -2.27. The molecule has 1 aromatic rings. The predicted molar refractivity (Wildman–Crippen MR) is 71.0 cm³/mol. The molecule has 0 spiro atoms. The second-order valence-electron chi connectivity index (χ2n) is 4.73. The quantitative estimate of drug-likeness (QED) is 0.807. The molecule has 0 aromatic heterocycles. The summed E-state index contributed by atoms with van der Waals surface area (Å²) in [5.41, 5.74) is 0.398. The van der Waals surface area contributed by atoms with E-state index in [1.807, 2.05) is 0 Å². The van der Waals surface area contributed by atoms with Gasteiger partial charge in [-0.15, -0.1) is 0 Å². The van der Waals surface area contributed by atoms with E-state index in [2.05, 4.69) is 11.4 Å². The lowest BCUT2D eigenvalue weighted by Gasteiger charge is -2.22. The van der Waals surface area contributed by atoms with Crippen LogP contribution in [0.15, 0.2) is 18.2 Å². The van der Waals surface area contributed by atoms with Gasteiger partial charge < -0.3 is 5.32 Å². The monoisotopic (exact) mass is 266 g/mol. The Bertz CT molecular complexity index is 456. The van der Waals surface area contributed by atoms with Gasteiger partial charge in [-0.1, -0.05) is 36.9 Å². The molecular weight excluding hydrogens is 251 g/mol. The first-order valence-corrected chi connectivity index (χ1v) is 6.70. The summed E-state index contributed by atoms with van der Waals surface area (Å²) in [6.07, 6.45) is 5.10. The Morgan fingerprint density at radius 3 is 2.83 bits per heavy atom. The predicted octanol–water partition coefficient (Wildman–Crippen LogP) is 4.36. The van der Waals surface area contributed by atoms with E-state index in [-0.39, 0.29) is 17.0 Å². The van der Waals surface area contributed by atoms with Crippen molar-refractivity contribution in [2.75, 3.05) is 5.32 Å². The van der Waals surface area contributed by atoms with E-state index in [9.17, 15) is 9.65 Å². The molecule has 2 rings (SSSR count). The van der Waals surface area contributed by atoms with Crippen LogP contribution in [0.25, 0.3) is 0 Å². The largest absolute Gasteiger partial charge is 0.379 e. The van der Waals surface area contributed by atoms with Crippen molar-refractivity contribution in [1.82, 2.24) is 0 Å². The molecule has 0 radical (unpaired) electrons. The number of anilines is 1. The number of halogens is 2. The molecule has 1 aliphatic carbocycles. The molecule has 2 nitrogen and oxygen atoms in total. The van der Waals surface area contributed by atoms with Crippen molar-refractivity contribution >= 4 is 17.3 Å². The Morgan fingerprint density at radius 1 is 1.28 bits per heavy atom. The van der Waals surface area contributed by atoms with Crippen molar-refractivity contribution in [2.45, 2.75) is 38.1 Å². The van der Waals surface area contributed by atoms with Gasteiger partial charge in [0.25, 0.3) is 0 Å². The van der Waals surface area contributed by atoms with Gasteiger partial charge in [0.2, 0.25) is 0 Å². The fraction of sp³-hybridized carbons (Fsp3) is 0.500. The number of nitrogens with one attached hydrogen (secondary N) is 1. The minimum atomic E-state index is -0.430. The van der Waals surface area contributed by atoms with Crippen LogP contribution in [0.4, 0.5) is 10.1 Å². The van der Waals surface area contributed by atoms with Crippen LogP contribution in [0.5, 0.6) is 0 Å². The third kappa shape index (κ3) is 2.94. The third-order valence-corrected chi connectivity index (χ3v) is 3.77. The Balaban J connectivity index is 2.16. The van der Waals surface area contributed by atoms with Gasteiger partial charge in [0.15, 0.2) is 5.82 Å². The summed E-state index contributed by atoms with van der Waals surface area (Å²) < 4.78 is 13.8. The van der Waals surface area contributed by atoms with Crippen molar-refractivity contribution in [3.63, 3.8) is 0 Å². The molecule has 2 unspecified atom stereocenters. The summed E-state index contributed by atoms with van der Waals surface area (Å²) in [6.45, 7) is 0. The fourth-order valence-corrected chi connectivity index (χ4v) is 2.62. The average Bonchev–Trinajstić information content (AvgIpc) is 2.60. The smallest absolute Gasteiger partial charge is 0.164 e. The van der Waals surface area contributed by atoms with Crippen LogP contribution in [0.2, 0.25) is 5.02 Å². The Labute approximate surface area is 112 Å². The fourth-order valence-electron chi connectivity index (χ4n) is 2.45. The Kier molecular flexibility index (Phi) is 4.43. The van der Waals surface area contributed by atoms with Crippen LogP contribution in [0.3, 0.4) is 0 Å². The molecule has 1 N–H and O–H groups in total. The number of hydrogen-bond acceptors (Lipinski definition) is 2. The second-order valence-corrected chi connectivity index (χ2v) is 5.13. The van der Waals surface area contributed by atoms with E-state index in [0.29, 0.717) is 5.69 Å². The van der Waals surface area contributed by atoms with E-state index >= 15 is 0 Å². The number of rotatable bonds is 2. The topological polar surface area (TPSA) is 35.8 Å². The van der Waals surface area contributed by atoms with Gasteiger partial charge in [0.05, 0.1) is 22.7 Å². The first kappa shape index (κ1) is 13.2. The van der Waals surface area contributed by atoms with E-state index in [1.165, 1.54) is 6.07 Å². The number of nitrogens with zero attached hydrogens (tertiary/aromatic N) is 1. The summed E-state index contributed by atoms with van der Waals surface area (Å²) in [5, 5.41) is 12.4. The molecule has 0 amide bonds. The minimum Gasteiger partial charge on any atom is -0.379 e. The van der Waals surface area contributed by atoms with E-state index in [1.54, 1.807) is 12.1 Å². The van der Waals surface area contributed by atoms with E-state index in [4.69, 9.17) is 11.6 Å². The zero-order chi connectivity index (χ0) is 13.0. The normalized spacial score (nSPS) is 24.1. The second kappa shape index (κ2) is 6.06. The molecule has 0 saturated heterocycles. The molecule has 18 heavy (non-hydrogen) atoms. The standard InChI is InChI=1S/C14H16ClFN2/c15-11-6-4-8-13(14(11)16)18-12-7-3-1-2-5-10(12)9-17/h4,6,8,10,12,18H,1-3,5,7H2. The number of hydrogen-bond donors (Lipinski definition) is 1. The highest BCUT2D eigenvalue weighted by Crippen LogP contribution is 2.28. The lowest BCUT2D eigenvalue weighted by molar-refractivity contribution is 0.510. The van der Waals surface area contributed by atoms with Crippen LogP contribution in [0, 0.1) is 23.1 Å². The molecule has 96 valence electrons. The van der Waals surface area contributed by atoms with Crippen molar-refractivity contribution in [3.8, 4) is 6.07 Å². The number of nitriles is 1. The molecule has 0 aliphatic heterocycles. The minimum absolute atomic E-state index is 0.0190. The highest BCUT2D eigenvalue weighted by Gasteiger charge is 2.24. The van der Waals surface area contributed by atoms with Gasteiger partial charge in [0, 0.05) is 6.04 Å². The molecule has 4 heteroatoms. The SMILES string of the molecule is N#CC1CCCCCC1Nc1cccc(Cl)c1F. The van der Waals surface area contributed by atoms with Crippen LogP contribution in [-0.2, 0) is 0 Å². The van der Waals surface area contributed by atoms with Gasteiger partial charge in [-0.25, -0.2) is 4.39 Å². The summed E-state index contributed by atoms with van der Waals surface area (Å²) in [5.74, 6) is -0.481. The Hall–Kier alpha value is -1.27. The first-order chi connectivity index (χ1) is 8.72. The average molecular weight is 267 g/mol. The summed E-state index contributed by atoms with van der Waals surface area (Å²) in [7, 11) is 0. The molecule has 2 atom stereocenters. The maximum Gasteiger partial charge on any atom is 0.164 e. The van der Waals surface area contributed by atoms with E-state index in [0.717, 1.165) is 32.1 Å². The van der Waals surface area contributed by atoms with Crippen LogP contribution in [-0.4, -0.2) is 6.04 Å². The molecule has 1 fully saturated rings. The van der Waals surface area contributed by atoms with Gasteiger partial charge in [-0.3, -0.25) is 0 Å². The van der Waals surface area contributed by atoms with Crippen molar-refractivity contribution in [1.29, 1.82) is 5.26 Å². The first-order valence-electron chi connectivity index (χ1n) is 6.32. The third-order valence-electron chi connectivity index (χ3n) is 3.47. The van der Waals surface area contributed by atoms with Crippen LogP contribution < -0.4 is 5.32 Å². The maximum absolute atomic E-state index is 13.8. The zero-order valence-electron chi connectivity index (χ0n) is 10.1. The molecular formula is C14H16ClFN2. The van der Waals surface area contributed by atoms with Crippen molar-refractivity contribution in [3.05, 3.63) is 29.0 Å². The molecule has 1 saturated carbocycles. The highest BCUT2D eigenvalue weighted by molar-refractivity contribution is 6.31. The zero-order valence-corrected chi connectivity index (χ0v) is 10.9. The van der Waals surface area contributed by atoms with Crippen molar-refractivity contribution in [2.24, 2.45) is 5.92 Å². The van der Waals surface area contributed by atoms with Crippen molar-refractivity contribution < 1.29 is 4.39 Å². The van der Waals surface area contributed by atoms with Gasteiger partial charge in [0.1, 0.15) is 0 Å². The number of benzene rings is 1. The molecule has 0 bridgehead atoms. The molecule has 1 aromatic carbocycles. The van der Waals surface area contributed by atoms with Gasteiger partial charge >= 0.3 is 0 Å². The molecule has 1 aliphatic rings. The van der Waals surface area contributed by atoms with Crippen LogP contribution >= 0.6 is 11.6 Å². The summed E-state index contributed by atoms with van der Waals surface area (Å²) in [4.78, 5) is 0. The maximum atomic E-state index is 13.8. The highest BCUT2D eigenvalue weighted by atomic mass is 35.5. The van der Waals surface area contributed by atoms with E-state index < -0.39 is 5.82 Å². The summed E-state index contributed by atoms with van der Waals surface area (Å²) >= 11 is 5.75. The van der Waals surface area contributed by atoms with Crippen LogP contribution in [0.1, 0.15) is 32.1 Å². The summed E-state index contributed by atoms with van der Waals surface area (Å²) in [6, 6.07) is 7.26. The Morgan fingerprint density at radius 2 is 2.06 bits per heavy atom.